The minimum absolute atomic E-state index is 0.490. The van der Waals surface area contributed by atoms with Crippen molar-refractivity contribution in [3.63, 3.8) is 0 Å². The Bertz CT molecular complexity index is 587. The van der Waals surface area contributed by atoms with Crippen LogP contribution in [0.1, 0.15) is 19.7 Å². The van der Waals surface area contributed by atoms with Crippen molar-refractivity contribution in [2.45, 2.75) is 26.8 Å². The maximum absolute atomic E-state index is 5.69. The highest BCUT2D eigenvalue weighted by Gasteiger charge is 2.11. The zero-order chi connectivity index (χ0) is 14.5. The highest BCUT2D eigenvalue weighted by Crippen LogP contribution is 2.16. The molecule has 0 unspecified atom stereocenters. The molecule has 0 aliphatic rings. The molecule has 2 aromatic rings. The van der Waals surface area contributed by atoms with E-state index in [9.17, 15) is 0 Å². The van der Waals surface area contributed by atoms with Crippen LogP contribution in [0.3, 0.4) is 0 Å². The van der Waals surface area contributed by atoms with Crippen LogP contribution in [-0.2, 0) is 13.0 Å². The number of rotatable bonds is 7. The molecule has 20 heavy (non-hydrogen) atoms. The quantitative estimate of drug-likeness (QED) is 0.794. The second kappa shape index (κ2) is 6.81. The van der Waals surface area contributed by atoms with E-state index in [1.165, 1.54) is 0 Å². The van der Waals surface area contributed by atoms with Gasteiger partial charge in [-0.3, -0.25) is 0 Å². The zero-order valence-corrected chi connectivity index (χ0v) is 13.0. The Balaban J connectivity index is 2.30. The highest BCUT2D eigenvalue weighted by molar-refractivity contribution is 7.80. The largest absolute Gasteiger partial charge is 0.393 e. The van der Waals surface area contributed by atoms with Gasteiger partial charge >= 0.3 is 0 Å². The van der Waals surface area contributed by atoms with Crippen LogP contribution in [0.25, 0.3) is 11.0 Å². The third-order valence-corrected chi connectivity index (χ3v) is 3.74. The standard InChI is InChI=1S/C15H22N4S/c1-3-18(4-2)9-10-19-13-8-6-5-7-12(13)17-15(19)11-14(16)20/h5-8H,3-4,9-11H2,1-2H3,(H2,16,20). The normalized spacial score (nSPS) is 11.3. The van der Waals surface area contributed by atoms with E-state index in [-0.39, 0.29) is 0 Å². The van der Waals surface area contributed by atoms with Crippen molar-refractivity contribution in [2.75, 3.05) is 19.6 Å². The predicted octanol–water partition coefficient (Wildman–Crippen LogP) is 2.21. The molecule has 0 saturated heterocycles. The van der Waals surface area contributed by atoms with Gasteiger partial charge in [-0.25, -0.2) is 4.98 Å². The monoisotopic (exact) mass is 290 g/mol. The summed E-state index contributed by atoms with van der Waals surface area (Å²) < 4.78 is 2.24. The van der Waals surface area contributed by atoms with Gasteiger partial charge in [0.2, 0.25) is 0 Å². The predicted molar refractivity (Wildman–Crippen MR) is 88.0 cm³/mol. The molecule has 0 radical (unpaired) electrons. The summed E-state index contributed by atoms with van der Waals surface area (Å²) in [5, 5.41) is 0. The first kappa shape index (κ1) is 14.9. The van der Waals surface area contributed by atoms with Crippen molar-refractivity contribution in [1.82, 2.24) is 14.5 Å². The minimum Gasteiger partial charge on any atom is -0.393 e. The number of thiocarbonyl (C=S) groups is 1. The summed E-state index contributed by atoms with van der Waals surface area (Å²) in [6.07, 6.45) is 0.558. The molecule has 0 atom stereocenters. The Morgan fingerprint density at radius 3 is 2.65 bits per heavy atom. The van der Waals surface area contributed by atoms with Crippen LogP contribution in [0.2, 0.25) is 0 Å². The van der Waals surface area contributed by atoms with Crippen LogP contribution in [-0.4, -0.2) is 39.1 Å². The lowest BCUT2D eigenvalue weighted by Crippen LogP contribution is -2.28. The molecule has 0 spiro atoms. The summed E-state index contributed by atoms with van der Waals surface area (Å²) in [7, 11) is 0. The fourth-order valence-electron chi connectivity index (χ4n) is 2.45. The summed E-state index contributed by atoms with van der Waals surface area (Å²) in [6.45, 7) is 8.43. The first-order valence-corrected chi connectivity index (χ1v) is 7.51. The lowest BCUT2D eigenvalue weighted by molar-refractivity contribution is 0.291. The number of aromatic nitrogens is 2. The molecule has 0 amide bonds. The number of benzene rings is 1. The van der Waals surface area contributed by atoms with Gasteiger partial charge in [0.05, 0.1) is 22.4 Å². The van der Waals surface area contributed by atoms with E-state index >= 15 is 0 Å². The number of nitrogens with zero attached hydrogens (tertiary/aromatic N) is 3. The van der Waals surface area contributed by atoms with E-state index in [4.69, 9.17) is 18.0 Å². The first-order chi connectivity index (χ1) is 9.65. The summed E-state index contributed by atoms with van der Waals surface area (Å²) in [5.41, 5.74) is 7.86. The van der Waals surface area contributed by atoms with E-state index < -0.39 is 0 Å². The molecule has 5 heteroatoms. The topological polar surface area (TPSA) is 47.1 Å². The molecule has 1 aromatic carbocycles. The summed E-state index contributed by atoms with van der Waals surface area (Å²) in [4.78, 5) is 7.55. The minimum atomic E-state index is 0.490. The molecule has 4 nitrogen and oxygen atoms in total. The SMILES string of the molecule is CCN(CC)CCn1c(CC(N)=S)nc2ccccc21. The molecule has 1 heterocycles. The van der Waals surface area contributed by atoms with Gasteiger partial charge in [0.1, 0.15) is 5.82 Å². The average Bonchev–Trinajstić information content (AvgIpc) is 2.77. The Morgan fingerprint density at radius 2 is 2.00 bits per heavy atom. The van der Waals surface area contributed by atoms with E-state index in [1.807, 2.05) is 18.2 Å². The van der Waals surface area contributed by atoms with Crippen LogP contribution in [0.4, 0.5) is 0 Å². The molecule has 0 aliphatic heterocycles. The Morgan fingerprint density at radius 1 is 1.30 bits per heavy atom. The van der Waals surface area contributed by atoms with Crippen LogP contribution in [0.5, 0.6) is 0 Å². The smallest absolute Gasteiger partial charge is 0.116 e. The van der Waals surface area contributed by atoms with Crippen molar-refractivity contribution < 1.29 is 0 Å². The Labute approximate surface area is 125 Å². The van der Waals surface area contributed by atoms with Crippen LogP contribution in [0.15, 0.2) is 24.3 Å². The first-order valence-electron chi connectivity index (χ1n) is 7.10. The molecular formula is C15H22N4S. The molecule has 0 bridgehead atoms. The van der Waals surface area contributed by atoms with Gasteiger partial charge in [0.15, 0.2) is 0 Å². The molecule has 0 aliphatic carbocycles. The number of likely N-dealkylation sites (N-methyl/N-ethyl adjacent to an activating group) is 1. The number of hydrogen-bond acceptors (Lipinski definition) is 3. The lowest BCUT2D eigenvalue weighted by Gasteiger charge is -2.19. The number of imidazole rings is 1. The number of hydrogen-bond donors (Lipinski definition) is 1. The van der Waals surface area contributed by atoms with Gasteiger partial charge in [0, 0.05) is 13.1 Å². The third kappa shape index (κ3) is 3.35. The molecule has 2 rings (SSSR count). The average molecular weight is 290 g/mol. The molecule has 0 fully saturated rings. The van der Waals surface area contributed by atoms with Crippen LogP contribution < -0.4 is 5.73 Å². The van der Waals surface area contributed by atoms with Crippen LogP contribution in [0, 0.1) is 0 Å². The Kier molecular flexibility index (Phi) is 5.09. The summed E-state index contributed by atoms with van der Waals surface area (Å²) in [6, 6.07) is 8.19. The summed E-state index contributed by atoms with van der Waals surface area (Å²) in [5.74, 6) is 0.964. The maximum atomic E-state index is 5.69. The van der Waals surface area contributed by atoms with Crippen molar-refractivity contribution in [2.24, 2.45) is 5.73 Å². The fraction of sp³-hybridized carbons (Fsp3) is 0.467. The van der Waals surface area contributed by atoms with Crippen molar-refractivity contribution in [1.29, 1.82) is 0 Å². The van der Waals surface area contributed by atoms with E-state index in [1.54, 1.807) is 0 Å². The molecule has 2 N–H and O–H groups in total. The highest BCUT2D eigenvalue weighted by atomic mass is 32.1. The van der Waals surface area contributed by atoms with Gasteiger partial charge in [-0.2, -0.15) is 0 Å². The summed E-state index contributed by atoms with van der Waals surface area (Å²) >= 11 is 5.04. The third-order valence-electron chi connectivity index (χ3n) is 3.60. The molecule has 108 valence electrons. The number of nitrogens with two attached hydrogens (primary N) is 1. The zero-order valence-electron chi connectivity index (χ0n) is 12.2. The van der Waals surface area contributed by atoms with Crippen molar-refractivity contribution in [3.05, 3.63) is 30.1 Å². The second-order valence-corrected chi connectivity index (χ2v) is 5.36. The Hall–Kier alpha value is -1.46. The number of para-hydroxylation sites is 2. The van der Waals surface area contributed by atoms with Gasteiger partial charge in [-0.15, -0.1) is 0 Å². The second-order valence-electron chi connectivity index (χ2n) is 4.84. The van der Waals surface area contributed by atoms with Gasteiger partial charge < -0.3 is 15.2 Å². The van der Waals surface area contributed by atoms with E-state index in [2.05, 4.69) is 34.4 Å². The van der Waals surface area contributed by atoms with Crippen molar-refractivity contribution in [3.8, 4) is 0 Å². The van der Waals surface area contributed by atoms with Gasteiger partial charge in [0.25, 0.3) is 0 Å². The fourth-order valence-corrected chi connectivity index (χ4v) is 2.58. The van der Waals surface area contributed by atoms with Crippen molar-refractivity contribution >= 4 is 28.2 Å². The van der Waals surface area contributed by atoms with Gasteiger partial charge in [-0.05, 0) is 25.2 Å². The number of fused-ring (bicyclic) bond motifs is 1. The van der Waals surface area contributed by atoms with E-state index in [0.29, 0.717) is 11.4 Å². The van der Waals surface area contributed by atoms with Crippen LogP contribution >= 0.6 is 12.2 Å². The van der Waals surface area contributed by atoms with Gasteiger partial charge in [-0.1, -0.05) is 38.2 Å². The molecular weight excluding hydrogens is 268 g/mol. The molecule has 1 aromatic heterocycles. The van der Waals surface area contributed by atoms with E-state index in [0.717, 1.165) is 43.0 Å². The maximum Gasteiger partial charge on any atom is 0.116 e. The molecule has 0 saturated carbocycles. The lowest BCUT2D eigenvalue weighted by atomic mass is 10.3.